The third kappa shape index (κ3) is 12.0. The number of hydrogen-bond acceptors (Lipinski definition) is 3. The Hall–Kier alpha value is -0.461. The summed E-state index contributed by atoms with van der Waals surface area (Å²) in [5.74, 6) is 0.336. The van der Waals surface area contributed by atoms with E-state index in [1.165, 1.54) is 47.4 Å². The average Bonchev–Trinajstić information content (AvgIpc) is 2.61. The van der Waals surface area contributed by atoms with Crippen LogP contribution in [0.3, 0.4) is 0 Å². The monoisotopic (exact) mass is 451 g/mol. The summed E-state index contributed by atoms with van der Waals surface area (Å²) in [4.78, 5) is 8.74. The molecule has 3 nitrogen and oxygen atoms in total. The van der Waals surface area contributed by atoms with E-state index in [0.717, 1.165) is 3.84 Å². The Morgan fingerprint density at radius 3 is 1.79 bits per heavy atom. The molecular formula is C18H33F2N2OSn. The Morgan fingerprint density at radius 2 is 1.42 bits per heavy atom. The van der Waals surface area contributed by atoms with Crippen LogP contribution in [0.15, 0.2) is 12.4 Å². The summed E-state index contributed by atoms with van der Waals surface area (Å²) >= 11 is -1.73. The first kappa shape index (κ1) is 23.5. The maximum atomic E-state index is 12.1. The zero-order chi connectivity index (χ0) is 18.2. The molecular weight excluding hydrogens is 417 g/mol. The summed E-state index contributed by atoms with van der Waals surface area (Å²) in [5.41, 5.74) is 0. The molecule has 1 aromatic heterocycles. The molecule has 139 valence electrons. The molecule has 0 aliphatic rings. The van der Waals surface area contributed by atoms with E-state index in [4.69, 9.17) is 4.74 Å². The van der Waals surface area contributed by atoms with Gasteiger partial charge in [0.1, 0.15) is 0 Å². The van der Waals surface area contributed by atoms with Crippen LogP contribution in [0.2, 0.25) is 8.87 Å². The van der Waals surface area contributed by atoms with Crippen LogP contribution in [0.1, 0.15) is 66.2 Å². The molecule has 0 saturated heterocycles. The van der Waals surface area contributed by atoms with Crippen molar-refractivity contribution < 1.29 is 13.5 Å². The van der Waals surface area contributed by atoms with Gasteiger partial charge in [-0.3, -0.25) is 0 Å². The number of nitrogens with zero attached hydrogens (tertiary/aromatic N) is 2. The van der Waals surface area contributed by atoms with Gasteiger partial charge in [0, 0.05) is 0 Å². The minimum absolute atomic E-state index is 0.336. The molecule has 0 bridgehead atoms. The van der Waals surface area contributed by atoms with Gasteiger partial charge in [0.25, 0.3) is 0 Å². The van der Waals surface area contributed by atoms with Crippen LogP contribution in [0.5, 0.6) is 5.75 Å². The van der Waals surface area contributed by atoms with Gasteiger partial charge in [-0.1, -0.05) is 26.7 Å². The zero-order valence-electron chi connectivity index (χ0n) is 15.7. The van der Waals surface area contributed by atoms with Crippen LogP contribution in [0.25, 0.3) is 0 Å². The second-order valence-electron chi connectivity index (χ2n) is 5.76. The maximum absolute atomic E-state index is 12.1. The number of ether oxygens (including phenoxy) is 1. The van der Waals surface area contributed by atoms with Crippen LogP contribution in [-0.4, -0.2) is 42.8 Å². The Balaban J connectivity index is 0.00000118. The zero-order valence-corrected chi connectivity index (χ0v) is 18.5. The van der Waals surface area contributed by atoms with Crippen LogP contribution >= 0.6 is 0 Å². The topological polar surface area (TPSA) is 35.0 Å². The van der Waals surface area contributed by atoms with E-state index in [0.29, 0.717) is 5.75 Å². The molecule has 0 unspecified atom stereocenters. The van der Waals surface area contributed by atoms with E-state index in [9.17, 15) is 8.78 Å². The normalized spacial score (nSPS) is 10.7. The molecule has 0 amide bonds. The summed E-state index contributed by atoms with van der Waals surface area (Å²) in [5, 5.41) is 0. The van der Waals surface area contributed by atoms with Gasteiger partial charge in [-0.15, -0.1) is 0 Å². The fourth-order valence-corrected chi connectivity index (χ4v) is 9.72. The number of halogens is 2. The molecule has 0 saturated carbocycles. The molecule has 0 spiro atoms. The third-order valence-corrected chi connectivity index (χ3v) is 11.5. The molecule has 0 atom stereocenters. The van der Waals surface area contributed by atoms with E-state index in [1.54, 1.807) is 12.4 Å². The second kappa shape index (κ2) is 16.0. The van der Waals surface area contributed by atoms with Crippen molar-refractivity contribution in [3.63, 3.8) is 0 Å². The Kier molecular flexibility index (Phi) is 15.7. The average molecular weight is 450 g/mol. The molecule has 0 N–H and O–H groups in total. The van der Waals surface area contributed by atoms with Crippen LogP contribution in [-0.2, 0) is 0 Å². The van der Waals surface area contributed by atoms with Crippen molar-refractivity contribution in [1.82, 2.24) is 9.97 Å². The quantitative estimate of drug-likeness (QED) is 0.434. The van der Waals surface area contributed by atoms with Gasteiger partial charge in [0.15, 0.2) is 0 Å². The molecule has 6 heteroatoms. The van der Waals surface area contributed by atoms with E-state index >= 15 is 0 Å². The van der Waals surface area contributed by atoms with Gasteiger partial charge >= 0.3 is 127 Å². The molecule has 0 aliphatic heterocycles. The molecule has 1 aromatic rings. The Bertz CT molecular complexity index is 381. The number of hydrogen-bond donors (Lipinski definition) is 0. The van der Waals surface area contributed by atoms with Crippen molar-refractivity contribution in [2.75, 3.05) is 6.61 Å². The summed E-state index contributed by atoms with van der Waals surface area (Å²) in [6, 6.07) is 0. The van der Waals surface area contributed by atoms with Gasteiger partial charge in [0.2, 0.25) is 0 Å². The predicted molar refractivity (Wildman–Crippen MR) is 98.9 cm³/mol. The number of aromatic nitrogens is 2. The third-order valence-electron chi connectivity index (χ3n) is 3.48. The van der Waals surface area contributed by atoms with Crippen molar-refractivity contribution in [2.45, 2.75) is 81.5 Å². The molecule has 0 fully saturated rings. The predicted octanol–water partition coefficient (Wildman–Crippen LogP) is 5.23. The van der Waals surface area contributed by atoms with Gasteiger partial charge in [0.05, 0.1) is 0 Å². The standard InChI is InChI=1S/C6H5F2N2O.C4H10.2C4H9.Sn/c7-6(8)3-11-5-1-9-4-10-2-5;3*1-3-4-2;/h1-2,6H,3H2;3-4H2,1-2H3;2*1,3-4H2,2H3;. The van der Waals surface area contributed by atoms with E-state index in [1.807, 2.05) is 0 Å². The fraction of sp³-hybridized carbons (Fsp3) is 0.778. The van der Waals surface area contributed by atoms with Crippen molar-refractivity contribution in [3.05, 3.63) is 12.4 Å². The summed E-state index contributed by atoms with van der Waals surface area (Å²) in [6.45, 7) is 8.16. The molecule has 0 aliphatic carbocycles. The first-order valence-corrected chi connectivity index (χ1v) is 14.6. The van der Waals surface area contributed by atoms with Gasteiger partial charge in [-0.05, 0) is 0 Å². The molecule has 24 heavy (non-hydrogen) atoms. The van der Waals surface area contributed by atoms with Gasteiger partial charge in [-0.2, -0.15) is 0 Å². The SMILES string of the molecule is CCCC.CCC[CH2][Sn]([CH2]CCC)[c]1ncc(OCC(F)F)cn1. The Morgan fingerprint density at radius 1 is 0.917 bits per heavy atom. The van der Waals surface area contributed by atoms with Crippen molar-refractivity contribution in [1.29, 1.82) is 0 Å². The van der Waals surface area contributed by atoms with Crippen molar-refractivity contribution >= 4 is 23.6 Å². The first-order chi connectivity index (χ1) is 11.6. The van der Waals surface area contributed by atoms with Crippen molar-refractivity contribution in [2.24, 2.45) is 0 Å². The number of rotatable bonds is 11. The molecule has 1 rings (SSSR count). The van der Waals surface area contributed by atoms with E-state index in [-0.39, 0.29) is 0 Å². The Labute approximate surface area is 153 Å². The van der Waals surface area contributed by atoms with Crippen LogP contribution in [0, 0.1) is 0 Å². The van der Waals surface area contributed by atoms with Gasteiger partial charge < -0.3 is 0 Å². The minimum atomic E-state index is -2.46. The second-order valence-corrected chi connectivity index (χ2v) is 13.3. The summed E-state index contributed by atoms with van der Waals surface area (Å²) in [7, 11) is 0. The number of unbranched alkanes of at least 4 members (excludes halogenated alkanes) is 3. The number of alkyl halides is 2. The van der Waals surface area contributed by atoms with Crippen LogP contribution in [0.4, 0.5) is 8.78 Å². The van der Waals surface area contributed by atoms with E-state index < -0.39 is 32.8 Å². The summed E-state index contributed by atoms with van der Waals surface area (Å²) < 4.78 is 32.6. The molecule has 1 radical (unpaired) electrons. The van der Waals surface area contributed by atoms with E-state index in [2.05, 4.69) is 37.7 Å². The first-order valence-electron chi connectivity index (χ1n) is 9.16. The summed E-state index contributed by atoms with van der Waals surface area (Å²) in [6.07, 6.45) is 8.15. The van der Waals surface area contributed by atoms with Gasteiger partial charge in [-0.25, -0.2) is 0 Å². The molecule has 1 heterocycles. The van der Waals surface area contributed by atoms with Crippen LogP contribution < -0.4 is 8.58 Å². The fourth-order valence-electron chi connectivity index (χ4n) is 1.86. The molecule has 0 aromatic carbocycles. The van der Waals surface area contributed by atoms with Crippen molar-refractivity contribution in [3.8, 4) is 5.75 Å².